The minimum absolute atomic E-state index is 1.05. The standard InChI is InChI=1S/C42H30/c1-2-12-29(13-3-1)32-16-10-18-35(27-32)41-37-20-6-8-22-39(37)42(40-23-9-7-21-38(40)41)36-19-11-17-33(28-36)34-25-24-30-14-4-5-15-31(30)26-34/h1-9,11-15,17-28H,10,16H2. The average Bonchev–Trinajstić information content (AvgIpc) is 3.07. The van der Waals surface area contributed by atoms with Gasteiger partial charge in [-0.25, -0.2) is 0 Å². The van der Waals surface area contributed by atoms with Crippen molar-refractivity contribution in [3.8, 4) is 22.3 Å². The molecule has 8 rings (SSSR count). The molecule has 0 N–H and O–H groups in total. The molecule has 7 aromatic carbocycles. The Labute approximate surface area is 246 Å². The van der Waals surface area contributed by atoms with Gasteiger partial charge >= 0.3 is 0 Å². The van der Waals surface area contributed by atoms with Gasteiger partial charge in [0.1, 0.15) is 0 Å². The maximum atomic E-state index is 2.43. The second-order valence-electron chi connectivity index (χ2n) is 11.2. The summed E-state index contributed by atoms with van der Waals surface area (Å²) < 4.78 is 0. The normalized spacial score (nSPS) is 13.3. The molecule has 0 aromatic heterocycles. The molecule has 0 nitrogen and oxygen atoms in total. The summed E-state index contributed by atoms with van der Waals surface area (Å²) >= 11 is 0. The second kappa shape index (κ2) is 10.3. The van der Waals surface area contributed by atoms with Gasteiger partial charge in [-0.1, -0.05) is 146 Å². The van der Waals surface area contributed by atoms with Gasteiger partial charge in [-0.3, -0.25) is 0 Å². The van der Waals surface area contributed by atoms with Gasteiger partial charge in [0.2, 0.25) is 0 Å². The maximum Gasteiger partial charge on any atom is -0.00262 e. The SMILES string of the molecule is C1=C(c2ccccc2)CCC=C1c1c2ccccc2c(-c2cccc(-c3ccc4ccccc4c3)c2)c2ccccc12. The lowest BCUT2D eigenvalue weighted by Gasteiger charge is -2.21. The summed E-state index contributed by atoms with van der Waals surface area (Å²) in [4.78, 5) is 0. The van der Waals surface area contributed by atoms with Crippen LogP contribution >= 0.6 is 0 Å². The highest BCUT2D eigenvalue weighted by atomic mass is 14.2. The molecule has 0 heterocycles. The Hall–Kier alpha value is -5.20. The molecule has 0 spiro atoms. The Balaban J connectivity index is 1.34. The highest BCUT2D eigenvalue weighted by molar-refractivity contribution is 6.20. The van der Waals surface area contributed by atoms with Gasteiger partial charge < -0.3 is 0 Å². The first-order chi connectivity index (χ1) is 20.8. The molecule has 0 saturated heterocycles. The van der Waals surface area contributed by atoms with E-state index in [9.17, 15) is 0 Å². The van der Waals surface area contributed by atoms with Gasteiger partial charge in [-0.05, 0) is 102 Å². The fourth-order valence-corrected chi connectivity index (χ4v) is 6.73. The van der Waals surface area contributed by atoms with Crippen LogP contribution in [0.25, 0.3) is 65.7 Å². The molecular weight excluding hydrogens is 504 g/mol. The zero-order valence-corrected chi connectivity index (χ0v) is 23.4. The zero-order valence-electron chi connectivity index (χ0n) is 23.4. The molecule has 0 aliphatic heterocycles. The van der Waals surface area contributed by atoms with E-state index in [1.165, 1.54) is 76.8 Å². The lowest BCUT2D eigenvalue weighted by Crippen LogP contribution is -1.97. The van der Waals surface area contributed by atoms with Gasteiger partial charge in [0.25, 0.3) is 0 Å². The summed E-state index contributed by atoms with van der Waals surface area (Å²) in [5, 5.41) is 7.74. The molecule has 42 heavy (non-hydrogen) atoms. The van der Waals surface area contributed by atoms with E-state index in [2.05, 4.69) is 158 Å². The van der Waals surface area contributed by atoms with E-state index in [1.54, 1.807) is 0 Å². The van der Waals surface area contributed by atoms with Crippen LogP contribution in [0.2, 0.25) is 0 Å². The fraction of sp³-hybridized carbons (Fsp3) is 0.0476. The summed E-state index contributed by atoms with van der Waals surface area (Å²) in [5.41, 5.74) is 10.4. The molecule has 0 saturated carbocycles. The van der Waals surface area contributed by atoms with Gasteiger partial charge in [-0.2, -0.15) is 0 Å². The van der Waals surface area contributed by atoms with Crippen molar-refractivity contribution in [2.24, 2.45) is 0 Å². The van der Waals surface area contributed by atoms with Crippen molar-refractivity contribution in [1.82, 2.24) is 0 Å². The van der Waals surface area contributed by atoms with Crippen molar-refractivity contribution < 1.29 is 0 Å². The summed E-state index contributed by atoms with van der Waals surface area (Å²) in [6.45, 7) is 0. The predicted octanol–water partition coefficient (Wildman–Crippen LogP) is 11.7. The number of hydrogen-bond acceptors (Lipinski definition) is 0. The molecule has 0 fully saturated rings. The number of allylic oxidation sites excluding steroid dienone is 4. The molecular formula is C42H30. The summed E-state index contributed by atoms with van der Waals surface area (Å²) in [6, 6.07) is 53.2. The lowest BCUT2D eigenvalue weighted by molar-refractivity contribution is 1.06. The predicted molar refractivity (Wildman–Crippen MR) is 181 cm³/mol. The first-order valence-corrected chi connectivity index (χ1v) is 14.8. The van der Waals surface area contributed by atoms with Crippen LogP contribution in [0.4, 0.5) is 0 Å². The van der Waals surface area contributed by atoms with Crippen molar-refractivity contribution in [3.05, 3.63) is 169 Å². The molecule has 0 amide bonds. The Morgan fingerprint density at radius 2 is 0.952 bits per heavy atom. The van der Waals surface area contributed by atoms with Crippen molar-refractivity contribution >= 4 is 43.5 Å². The zero-order chi connectivity index (χ0) is 27.9. The van der Waals surface area contributed by atoms with E-state index >= 15 is 0 Å². The van der Waals surface area contributed by atoms with Crippen molar-refractivity contribution in [1.29, 1.82) is 0 Å². The Kier molecular flexibility index (Phi) is 6.04. The quantitative estimate of drug-likeness (QED) is 0.197. The van der Waals surface area contributed by atoms with E-state index in [0.717, 1.165) is 12.8 Å². The van der Waals surface area contributed by atoms with Gasteiger partial charge in [0.05, 0.1) is 0 Å². The molecule has 0 unspecified atom stereocenters. The van der Waals surface area contributed by atoms with Crippen LogP contribution in [-0.4, -0.2) is 0 Å². The first kappa shape index (κ1) is 24.6. The second-order valence-corrected chi connectivity index (χ2v) is 11.2. The molecule has 0 heteroatoms. The third-order valence-electron chi connectivity index (χ3n) is 8.71. The Morgan fingerprint density at radius 3 is 1.69 bits per heavy atom. The van der Waals surface area contributed by atoms with Gasteiger partial charge in [0.15, 0.2) is 0 Å². The topological polar surface area (TPSA) is 0 Å². The number of benzene rings is 7. The van der Waals surface area contributed by atoms with E-state index in [-0.39, 0.29) is 0 Å². The number of rotatable bonds is 4. The fourth-order valence-electron chi connectivity index (χ4n) is 6.73. The number of fused-ring (bicyclic) bond motifs is 3. The van der Waals surface area contributed by atoms with Crippen LogP contribution in [-0.2, 0) is 0 Å². The smallest absolute Gasteiger partial charge is 0.00262 e. The van der Waals surface area contributed by atoms with Crippen LogP contribution in [0, 0.1) is 0 Å². The molecule has 0 radical (unpaired) electrons. The molecule has 0 atom stereocenters. The molecule has 1 aliphatic rings. The van der Waals surface area contributed by atoms with Crippen LogP contribution in [0.5, 0.6) is 0 Å². The number of hydrogen-bond donors (Lipinski definition) is 0. The van der Waals surface area contributed by atoms with Gasteiger partial charge in [0, 0.05) is 0 Å². The van der Waals surface area contributed by atoms with Crippen LogP contribution in [0.1, 0.15) is 24.0 Å². The minimum Gasteiger partial charge on any atom is -0.0763 e. The van der Waals surface area contributed by atoms with Crippen molar-refractivity contribution in [2.75, 3.05) is 0 Å². The molecule has 7 aromatic rings. The summed E-state index contributed by atoms with van der Waals surface area (Å²) in [7, 11) is 0. The summed E-state index contributed by atoms with van der Waals surface area (Å²) in [6.07, 6.45) is 6.98. The summed E-state index contributed by atoms with van der Waals surface area (Å²) in [5.74, 6) is 0. The van der Waals surface area contributed by atoms with E-state index in [4.69, 9.17) is 0 Å². The third-order valence-corrected chi connectivity index (χ3v) is 8.71. The van der Waals surface area contributed by atoms with Gasteiger partial charge in [-0.15, -0.1) is 0 Å². The van der Waals surface area contributed by atoms with Crippen molar-refractivity contribution in [2.45, 2.75) is 12.8 Å². The first-order valence-electron chi connectivity index (χ1n) is 14.8. The van der Waals surface area contributed by atoms with Crippen LogP contribution in [0.15, 0.2) is 158 Å². The highest BCUT2D eigenvalue weighted by Crippen LogP contribution is 2.44. The van der Waals surface area contributed by atoms with Crippen LogP contribution in [0.3, 0.4) is 0 Å². The molecule has 1 aliphatic carbocycles. The molecule has 198 valence electrons. The average molecular weight is 535 g/mol. The Morgan fingerprint density at radius 1 is 0.381 bits per heavy atom. The lowest BCUT2D eigenvalue weighted by atomic mass is 9.83. The van der Waals surface area contributed by atoms with E-state index in [0.29, 0.717) is 0 Å². The van der Waals surface area contributed by atoms with Crippen molar-refractivity contribution in [3.63, 3.8) is 0 Å². The van der Waals surface area contributed by atoms with E-state index in [1.807, 2.05) is 0 Å². The highest BCUT2D eigenvalue weighted by Gasteiger charge is 2.19. The van der Waals surface area contributed by atoms with Crippen LogP contribution < -0.4 is 0 Å². The molecule has 0 bridgehead atoms. The van der Waals surface area contributed by atoms with E-state index < -0.39 is 0 Å². The monoisotopic (exact) mass is 534 g/mol. The largest absolute Gasteiger partial charge is 0.0763 e. The maximum absolute atomic E-state index is 2.43. The third kappa shape index (κ3) is 4.24. The Bertz CT molecular complexity index is 2120. The minimum atomic E-state index is 1.05.